The van der Waals surface area contributed by atoms with Crippen LogP contribution in [0, 0.1) is 0 Å². The van der Waals surface area contributed by atoms with Crippen molar-refractivity contribution in [1.29, 1.82) is 0 Å². The van der Waals surface area contributed by atoms with Crippen molar-refractivity contribution in [2.24, 2.45) is 0 Å². The summed E-state index contributed by atoms with van der Waals surface area (Å²) in [4.78, 5) is 0. The van der Waals surface area contributed by atoms with Crippen LogP contribution < -0.4 is 51.4 Å². The van der Waals surface area contributed by atoms with Gasteiger partial charge in [-0.25, -0.2) is 8.42 Å². The first-order valence-electron chi connectivity index (χ1n) is 7.04. The summed E-state index contributed by atoms with van der Waals surface area (Å²) in [7, 11) is -4.16. The molecule has 4 nitrogen and oxygen atoms in total. The third-order valence-electron chi connectivity index (χ3n) is 3.22. The Bertz CT molecular complexity index is 293. The van der Waals surface area contributed by atoms with Gasteiger partial charge in [-0.3, -0.25) is 0 Å². The summed E-state index contributed by atoms with van der Waals surface area (Å²) in [5, 5.41) is 8.80. The van der Waals surface area contributed by atoms with E-state index in [1.807, 2.05) is 13.8 Å². The monoisotopic (exact) mass is 318 g/mol. The van der Waals surface area contributed by atoms with Crippen LogP contribution in [0.25, 0.3) is 0 Å². The second-order valence-electron chi connectivity index (χ2n) is 4.98. The molecule has 0 radical (unpaired) electrons. The average Bonchev–Trinajstić information content (AvgIpc) is 2.26. The smallest absolute Gasteiger partial charge is 0.748 e. The second-order valence-corrected chi connectivity index (χ2v) is 6.64. The first-order valence-corrected chi connectivity index (χ1v) is 8.51. The molecule has 0 aliphatic heterocycles. The molecule has 0 spiro atoms. The molecule has 110 valence electrons. The molecule has 0 rings (SSSR count). The molecule has 0 fully saturated rings. The summed E-state index contributed by atoms with van der Waals surface area (Å²) in [5.74, 6) is 0. The van der Waals surface area contributed by atoms with E-state index < -0.39 is 15.4 Å². The van der Waals surface area contributed by atoms with E-state index in [0.29, 0.717) is 25.7 Å². The number of hydrogen-bond acceptors (Lipinski definition) is 4. The van der Waals surface area contributed by atoms with Gasteiger partial charge in [-0.05, 0) is 25.7 Å². The van der Waals surface area contributed by atoms with Crippen molar-refractivity contribution < 1.29 is 69.5 Å². The van der Waals surface area contributed by atoms with E-state index in [4.69, 9.17) is 0 Å². The van der Waals surface area contributed by atoms with Crippen LogP contribution in [-0.4, -0.2) is 29.4 Å². The minimum atomic E-state index is -4.16. The molecule has 0 aliphatic carbocycles. The molecule has 0 aromatic carbocycles. The standard InChI is InChI=1S/C13H28O4S.K/c1-3-5-10-13(18(15,16)17)11-7-6-9-12(14)8-4-2;/h12-14H,3-11H2,1-2H3,(H,15,16,17);/q;+1/p-1. The van der Waals surface area contributed by atoms with E-state index in [2.05, 4.69) is 0 Å². The van der Waals surface area contributed by atoms with E-state index in [1.54, 1.807) is 0 Å². The topological polar surface area (TPSA) is 77.4 Å². The van der Waals surface area contributed by atoms with E-state index >= 15 is 0 Å². The average molecular weight is 319 g/mol. The first-order chi connectivity index (χ1) is 8.41. The number of aliphatic hydroxyl groups is 1. The molecule has 0 aliphatic rings. The van der Waals surface area contributed by atoms with Gasteiger partial charge in [0.15, 0.2) is 0 Å². The van der Waals surface area contributed by atoms with Gasteiger partial charge in [-0.2, -0.15) is 0 Å². The molecular formula is C13H27KO4S. The van der Waals surface area contributed by atoms with Gasteiger partial charge >= 0.3 is 51.4 Å². The fourth-order valence-electron chi connectivity index (χ4n) is 2.09. The minimum Gasteiger partial charge on any atom is -0.748 e. The van der Waals surface area contributed by atoms with Crippen molar-refractivity contribution in [2.75, 3.05) is 0 Å². The molecule has 6 heteroatoms. The van der Waals surface area contributed by atoms with Crippen molar-refractivity contribution in [1.82, 2.24) is 0 Å². The van der Waals surface area contributed by atoms with Gasteiger partial charge in [-0.15, -0.1) is 0 Å². The zero-order valence-corrected chi connectivity index (χ0v) is 16.5. The summed E-state index contributed by atoms with van der Waals surface area (Å²) in [6, 6.07) is 0. The van der Waals surface area contributed by atoms with Crippen LogP contribution in [0.15, 0.2) is 0 Å². The van der Waals surface area contributed by atoms with Crippen LogP contribution in [0.4, 0.5) is 0 Å². The number of hydrogen-bond donors (Lipinski definition) is 1. The van der Waals surface area contributed by atoms with Crippen molar-refractivity contribution in [3.63, 3.8) is 0 Å². The van der Waals surface area contributed by atoms with Crippen LogP contribution in [0.1, 0.15) is 71.6 Å². The van der Waals surface area contributed by atoms with Crippen LogP contribution >= 0.6 is 0 Å². The van der Waals surface area contributed by atoms with Gasteiger partial charge in [0.05, 0.1) is 16.2 Å². The van der Waals surface area contributed by atoms with Crippen LogP contribution in [0.2, 0.25) is 0 Å². The quantitative estimate of drug-likeness (QED) is 0.326. The van der Waals surface area contributed by atoms with Crippen molar-refractivity contribution >= 4 is 10.1 Å². The molecule has 1 N–H and O–H groups in total. The van der Waals surface area contributed by atoms with Gasteiger partial charge in [0.25, 0.3) is 0 Å². The van der Waals surface area contributed by atoms with Crippen molar-refractivity contribution in [2.45, 2.75) is 83.0 Å². The van der Waals surface area contributed by atoms with Gasteiger partial charge in [0, 0.05) is 5.25 Å². The second kappa shape index (κ2) is 13.2. The molecule has 0 saturated carbocycles. The van der Waals surface area contributed by atoms with Crippen molar-refractivity contribution in [3.05, 3.63) is 0 Å². The SMILES string of the molecule is CCCCC(CCCCC(O)CCC)S(=O)(=O)[O-].[K+]. The number of aliphatic hydroxyl groups excluding tert-OH is 1. The molecule has 0 bridgehead atoms. The van der Waals surface area contributed by atoms with Crippen LogP contribution in [-0.2, 0) is 10.1 Å². The predicted molar refractivity (Wildman–Crippen MR) is 72.4 cm³/mol. The Morgan fingerprint density at radius 3 is 1.95 bits per heavy atom. The Morgan fingerprint density at radius 1 is 0.947 bits per heavy atom. The zero-order valence-electron chi connectivity index (χ0n) is 12.6. The normalized spacial score (nSPS) is 14.7. The molecule has 0 saturated heterocycles. The molecule has 0 aromatic rings. The zero-order chi connectivity index (χ0) is 14.0. The van der Waals surface area contributed by atoms with E-state index in [0.717, 1.165) is 32.1 Å². The fraction of sp³-hybridized carbons (Fsp3) is 1.00. The first kappa shape index (κ1) is 22.8. The summed E-state index contributed by atoms with van der Waals surface area (Å²) in [6.07, 6.45) is 6.25. The summed E-state index contributed by atoms with van der Waals surface area (Å²) in [6.45, 7) is 4.00. The van der Waals surface area contributed by atoms with E-state index in [1.165, 1.54) is 0 Å². The van der Waals surface area contributed by atoms with Gasteiger partial charge in [-0.1, -0.05) is 46.0 Å². The van der Waals surface area contributed by atoms with Crippen LogP contribution in [0.5, 0.6) is 0 Å². The van der Waals surface area contributed by atoms with E-state index in [9.17, 15) is 18.1 Å². The number of unbranched alkanes of at least 4 members (excludes halogenated alkanes) is 2. The Hall–Kier alpha value is 1.51. The third kappa shape index (κ3) is 12.9. The summed E-state index contributed by atoms with van der Waals surface area (Å²) < 4.78 is 33.2. The van der Waals surface area contributed by atoms with Gasteiger partial charge < -0.3 is 9.66 Å². The summed E-state index contributed by atoms with van der Waals surface area (Å²) >= 11 is 0. The molecule has 0 aromatic heterocycles. The maximum absolute atomic E-state index is 11.1. The Labute approximate surface area is 160 Å². The van der Waals surface area contributed by atoms with Crippen molar-refractivity contribution in [3.8, 4) is 0 Å². The van der Waals surface area contributed by atoms with Gasteiger partial charge in [0.2, 0.25) is 0 Å². The molecular weight excluding hydrogens is 291 g/mol. The van der Waals surface area contributed by atoms with E-state index in [-0.39, 0.29) is 57.5 Å². The fourth-order valence-corrected chi connectivity index (χ4v) is 3.01. The maximum atomic E-state index is 11.1. The molecule has 0 amide bonds. The Morgan fingerprint density at radius 2 is 1.47 bits per heavy atom. The Balaban J connectivity index is 0. The molecule has 2 unspecified atom stereocenters. The largest absolute Gasteiger partial charge is 1.00 e. The third-order valence-corrected chi connectivity index (χ3v) is 4.51. The van der Waals surface area contributed by atoms with Gasteiger partial charge in [0.1, 0.15) is 0 Å². The minimum absolute atomic E-state index is 0. The maximum Gasteiger partial charge on any atom is 1.00 e. The predicted octanol–water partition coefficient (Wildman–Crippen LogP) is -0.184. The molecule has 0 heterocycles. The molecule has 19 heavy (non-hydrogen) atoms. The van der Waals surface area contributed by atoms with Crippen LogP contribution in [0.3, 0.4) is 0 Å². The number of rotatable bonds is 11. The Kier molecular flexibility index (Phi) is 15.8. The summed E-state index contributed by atoms with van der Waals surface area (Å²) in [5.41, 5.74) is 0. The molecule has 2 atom stereocenters.